The van der Waals surface area contributed by atoms with E-state index in [9.17, 15) is 19.0 Å². The SMILES string of the molecule is CC/C=C\C/C=C\C/C=C\C/C=C\C/C=C\C/C=C\C/C=C\C/C=C\C/C=C\C/C=C\CCCCCCCCCCCCC(=O)OC(COC(=O)CCCCCCCCCCCCCCCCCCCCCCC)COP(=O)(O)OCCN. The fourth-order valence-corrected chi connectivity index (χ4v) is 10.1. The van der Waals surface area contributed by atoms with E-state index < -0.39 is 26.5 Å². The molecule has 0 fully saturated rings. The molecule has 0 radical (unpaired) electrons. The lowest BCUT2D eigenvalue weighted by Crippen LogP contribution is -2.29. The second-order valence-corrected chi connectivity index (χ2v) is 23.8. The number of nitrogens with two attached hydrogens (primary N) is 1. The first-order chi connectivity index (χ1) is 40.8. The quantitative estimate of drug-likeness (QED) is 0.0264. The van der Waals surface area contributed by atoms with E-state index >= 15 is 0 Å². The summed E-state index contributed by atoms with van der Waals surface area (Å²) in [5.41, 5.74) is 5.40. The highest BCUT2D eigenvalue weighted by molar-refractivity contribution is 7.47. The summed E-state index contributed by atoms with van der Waals surface area (Å²) in [7, 11) is -4.40. The molecule has 9 nitrogen and oxygen atoms in total. The van der Waals surface area contributed by atoms with Gasteiger partial charge < -0.3 is 20.1 Å². The number of esters is 2. The van der Waals surface area contributed by atoms with Crippen LogP contribution in [0.3, 0.4) is 0 Å². The molecule has 0 bridgehead atoms. The van der Waals surface area contributed by atoms with Gasteiger partial charge in [0.05, 0.1) is 13.2 Å². The third-order valence-corrected chi connectivity index (χ3v) is 15.3. The Labute approximate surface area is 511 Å². The normalized spacial score (nSPS) is 13.7. The number of carbonyl (C=O) groups excluding carboxylic acids is 2. The van der Waals surface area contributed by atoms with E-state index in [4.69, 9.17) is 24.3 Å². The van der Waals surface area contributed by atoms with Gasteiger partial charge in [0.15, 0.2) is 6.10 Å². The molecule has 0 aromatic rings. The number of unbranched alkanes of at least 4 members (excludes halogenated alkanes) is 30. The fraction of sp³-hybridized carbons (Fsp3) is 0.699. The number of ether oxygens (including phenoxy) is 2. The van der Waals surface area contributed by atoms with E-state index in [0.29, 0.717) is 6.42 Å². The molecule has 0 aliphatic heterocycles. The van der Waals surface area contributed by atoms with Gasteiger partial charge in [0, 0.05) is 19.4 Å². The van der Waals surface area contributed by atoms with Gasteiger partial charge in [-0.1, -0.05) is 315 Å². The molecule has 83 heavy (non-hydrogen) atoms. The van der Waals surface area contributed by atoms with E-state index in [2.05, 4.69) is 135 Å². The molecule has 0 rings (SSSR count). The van der Waals surface area contributed by atoms with Crippen molar-refractivity contribution in [2.75, 3.05) is 26.4 Å². The molecule has 0 saturated heterocycles. The van der Waals surface area contributed by atoms with Crippen molar-refractivity contribution in [3.05, 3.63) is 122 Å². The van der Waals surface area contributed by atoms with Crippen molar-refractivity contribution in [1.29, 1.82) is 0 Å². The molecule has 2 atom stereocenters. The van der Waals surface area contributed by atoms with Crippen molar-refractivity contribution in [3.8, 4) is 0 Å². The molecule has 0 aromatic heterocycles. The molecule has 0 amide bonds. The first-order valence-electron chi connectivity index (χ1n) is 34.0. The number of allylic oxidation sites excluding steroid dienone is 20. The summed E-state index contributed by atoms with van der Waals surface area (Å²) in [4.78, 5) is 35.3. The molecular formula is C73H126NO8P. The van der Waals surface area contributed by atoms with E-state index in [1.807, 2.05) is 0 Å². The average molecular weight is 1180 g/mol. The Balaban J connectivity index is 3.93. The molecule has 0 heterocycles. The molecule has 476 valence electrons. The zero-order valence-corrected chi connectivity index (χ0v) is 54.3. The number of carbonyl (C=O) groups is 2. The van der Waals surface area contributed by atoms with E-state index in [-0.39, 0.29) is 38.6 Å². The van der Waals surface area contributed by atoms with Crippen LogP contribution in [0.4, 0.5) is 0 Å². The number of hydrogen-bond donors (Lipinski definition) is 2. The van der Waals surface area contributed by atoms with Crippen molar-refractivity contribution in [2.45, 2.75) is 302 Å². The predicted molar refractivity (Wildman–Crippen MR) is 358 cm³/mol. The summed E-state index contributed by atoms with van der Waals surface area (Å²) in [6.07, 6.45) is 94.2. The number of hydrogen-bond acceptors (Lipinski definition) is 8. The van der Waals surface area contributed by atoms with Crippen LogP contribution in [0.2, 0.25) is 0 Å². The highest BCUT2D eigenvalue weighted by Gasteiger charge is 2.26. The molecule has 3 N–H and O–H groups in total. The third-order valence-electron chi connectivity index (χ3n) is 14.4. The molecule has 0 aromatic carbocycles. The maximum Gasteiger partial charge on any atom is 0.472 e. The predicted octanol–water partition coefficient (Wildman–Crippen LogP) is 22.3. The maximum atomic E-state index is 12.8. The van der Waals surface area contributed by atoms with Crippen molar-refractivity contribution in [3.63, 3.8) is 0 Å². The molecule has 0 saturated carbocycles. The minimum atomic E-state index is -4.40. The van der Waals surface area contributed by atoms with E-state index in [1.54, 1.807) is 0 Å². The van der Waals surface area contributed by atoms with E-state index in [0.717, 1.165) is 109 Å². The maximum absolute atomic E-state index is 12.8. The number of rotatable bonds is 63. The Hall–Kier alpha value is -3.59. The number of phosphoric ester groups is 1. The Morgan fingerprint density at radius 2 is 0.663 bits per heavy atom. The summed E-state index contributed by atoms with van der Waals surface area (Å²) < 4.78 is 33.1. The summed E-state index contributed by atoms with van der Waals surface area (Å²) >= 11 is 0. The summed E-state index contributed by atoms with van der Waals surface area (Å²) in [5, 5.41) is 0. The highest BCUT2D eigenvalue weighted by Crippen LogP contribution is 2.43. The molecule has 0 aliphatic rings. The highest BCUT2D eigenvalue weighted by atomic mass is 31.2. The van der Waals surface area contributed by atoms with Crippen molar-refractivity contribution < 1.29 is 37.6 Å². The topological polar surface area (TPSA) is 134 Å². The smallest absolute Gasteiger partial charge is 0.462 e. The van der Waals surface area contributed by atoms with Gasteiger partial charge in [-0.15, -0.1) is 0 Å². The van der Waals surface area contributed by atoms with Crippen molar-refractivity contribution >= 4 is 19.8 Å². The fourth-order valence-electron chi connectivity index (χ4n) is 9.37. The lowest BCUT2D eigenvalue weighted by molar-refractivity contribution is -0.161. The van der Waals surface area contributed by atoms with Gasteiger partial charge in [-0.2, -0.15) is 0 Å². The number of phosphoric acid groups is 1. The van der Waals surface area contributed by atoms with Crippen LogP contribution in [0.1, 0.15) is 296 Å². The van der Waals surface area contributed by atoms with Crippen LogP contribution in [-0.4, -0.2) is 49.3 Å². The minimum Gasteiger partial charge on any atom is -0.462 e. The summed E-state index contributed by atoms with van der Waals surface area (Å²) in [6, 6.07) is 0. The zero-order valence-electron chi connectivity index (χ0n) is 53.4. The zero-order chi connectivity index (χ0) is 60.1. The lowest BCUT2D eigenvalue weighted by Gasteiger charge is -2.19. The van der Waals surface area contributed by atoms with Crippen LogP contribution < -0.4 is 5.73 Å². The van der Waals surface area contributed by atoms with Gasteiger partial charge in [0.1, 0.15) is 6.61 Å². The largest absolute Gasteiger partial charge is 0.472 e. The van der Waals surface area contributed by atoms with Gasteiger partial charge >= 0.3 is 19.8 Å². The van der Waals surface area contributed by atoms with Crippen LogP contribution in [-0.2, 0) is 32.7 Å². The Kier molecular flexibility index (Phi) is 64.6. The van der Waals surface area contributed by atoms with Crippen molar-refractivity contribution in [2.24, 2.45) is 5.73 Å². The summed E-state index contributed by atoms with van der Waals surface area (Å²) in [5.74, 6) is -0.827. The second kappa shape index (κ2) is 67.5. The van der Waals surface area contributed by atoms with Gasteiger partial charge in [-0.3, -0.25) is 18.6 Å². The molecule has 0 spiro atoms. The Bertz CT molecular complexity index is 1770. The average Bonchev–Trinajstić information content (AvgIpc) is 3.49. The van der Waals surface area contributed by atoms with Crippen LogP contribution >= 0.6 is 7.82 Å². The minimum absolute atomic E-state index is 0.0495. The molecule has 0 aliphatic carbocycles. The van der Waals surface area contributed by atoms with Gasteiger partial charge in [0.25, 0.3) is 0 Å². The standard InChI is InChI=1S/C73H126NO8P/c1-3-5-7-9-11-13-15-17-19-21-23-25-26-27-28-29-30-31-32-33-34-35-36-37-38-39-40-41-42-43-44-46-48-50-52-54-56-58-60-62-64-66-73(76)82-71(70-81-83(77,78)80-68-67-74)69-79-72(75)65-63-61-59-57-55-53-51-49-47-45-24-22-20-18-16-14-12-10-8-6-4-2/h5,7,11,13,17,19,23,25,27-28,30-31,33-34,36-37,39-40,42-43,71H,3-4,6,8-10,12,14-16,18,20-22,24,26,29,32,35,38,41,44-70,74H2,1-2H3,(H,77,78)/b7-5-,13-11-,19-17-,25-23-,28-27-,31-30-,34-33-,37-36-,40-39-,43-42-. The monoisotopic (exact) mass is 1180 g/mol. The van der Waals surface area contributed by atoms with Crippen LogP contribution in [0.25, 0.3) is 0 Å². The van der Waals surface area contributed by atoms with Crippen LogP contribution in [0.5, 0.6) is 0 Å². The summed E-state index contributed by atoms with van der Waals surface area (Å²) in [6.45, 7) is 3.65. The van der Waals surface area contributed by atoms with Gasteiger partial charge in [-0.25, -0.2) is 4.57 Å². The van der Waals surface area contributed by atoms with Crippen molar-refractivity contribution in [1.82, 2.24) is 0 Å². The molecule has 2 unspecified atom stereocenters. The van der Waals surface area contributed by atoms with Gasteiger partial charge in [0.2, 0.25) is 0 Å². The van der Waals surface area contributed by atoms with Crippen LogP contribution in [0, 0.1) is 0 Å². The lowest BCUT2D eigenvalue weighted by atomic mass is 10.0. The Morgan fingerprint density at radius 1 is 0.373 bits per heavy atom. The van der Waals surface area contributed by atoms with Gasteiger partial charge in [-0.05, 0) is 89.9 Å². The van der Waals surface area contributed by atoms with E-state index in [1.165, 1.54) is 154 Å². The first-order valence-corrected chi connectivity index (χ1v) is 35.5. The molecular weight excluding hydrogens is 1050 g/mol. The van der Waals surface area contributed by atoms with Crippen LogP contribution in [0.15, 0.2) is 122 Å². The molecule has 10 heteroatoms. The third kappa shape index (κ3) is 67.4. The first kappa shape index (κ1) is 79.4. The Morgan fingerprint density at radius 3 is 0.988 bits per heavy atom. The second-order valence-electron chi connectivity index (χ2n) is 22.3.